The van der Waals surface area contributed by atoms with Crippen LogP contribution in [-0.2, 0) is 28.6 Å². The van der Waals surface area contributed by atoms with Crippen molar-refractivity contribution in [2.75, 3.05) is 13.2 Å². The predicted octanol–water partition coefficient (Wildman–Crippen LogP) is 16.6. The van der Waals surface area contributed by atoms with Gasteiger partial charge < -0.3 is 14.2 Å². The van der Waals surface area contributed by atoms with Crippen LogP contribution in [-0.4, -0.2) is 37.2 Å². The molecular formula is C55H94O6. The van der Waals surface area contributed by atoms with Gasteiger partial charge in [0.1, 0.15) is 13.2 Å². The van der Waals surface area contributed by atoms with Crippen LogP contribution in [0.3, 0.4) is 0 Å². The third kappa shape index (κ3) is 47.7. The van der Waals surface area contributed by atoms with Crippen molar-refractivity contribution in [2.24, 2.45) is 0 Å². The van der Waals surface area contributed by atoms with Crippen LogP contribution < -0.4 is 0 Å². The van der Waals surface area contributed by atoms with E-state index in [0.717, 1.165) is 77.0 Å². The Morgan fingerprint density at radius 1 is 0.344 bits per heavy atom. The standard InChI is InChI=1S/C55H94O6/c1-4-7-10-13-16-19-22-24-26-27-29-30-33-36-39-42-45-48-54(57)60-51-52(50-59-53(56)47-44-41-38-35-32-21-18-15-12-9-6-3)61-55(58)49-46-43-40-37-34-31-28-25-23-20-17-14-11-8-5-2/h16-17,19-20,23-26,29-30,36,39,52H,4-15,18,21-22,27-28,31-35,37-38,40-51H2,1-3H3/b19-16-,20-17-,25-23-,26-24-,30-29-,39-36-. The summed E-state index contributed by atoms with van der Waals surface area (Å²) in [7, 11) is 0. The summed E-state index contributed by atoms with van der Waals surface area (Å²) in [5.41, 5.74) is 0. The number of rotatable bonds is 45. The lowest BCUT2D eigenvalue weighted by molar-refractivity contribution is -0.167. The van der Waals surface area contributed by atoms with E-state index >= 15 is 0 Å². The number of hydrogen-bond acceptors (Lipinski definition) is 6. The molecule has 1 atom stereocenters. The largest absolute Gasteiger partial charge is 0.462 e. The Morgan fingerprint density at radius 2 is 0.656 bits per heavy atom. The van der Waals surface area contributed by atoms with E-state index in [1.807, 2.05) is 0 Å². The van der Waals surface area contributed by atoms with Crippen LogP contribution in [0.15, 0.2) is 72.9 Å². The van der Waals surface area contributed by atoms with E-state index in [1.165, 1.54) is 116 Å². The Labute approximate surface area is 376 Å². The molecule has 0 saturated heterocycles. The van der Waals surface area contributed by atoms with Crippen molar-refractivity contribution in [3.8, 4) is 0 Å². The van der Waals surface area contributed by atoms with Gasteiger partial charge in [-0.15, -0.1) is 0 Å². The van der Waals surface area contributed by atoms with Gasteiger partial charge in [0.05, 0.1) is 0 Å². The number of unbranched alkanes of at least 4 members (excludes halogenated alkanes) is 23. The Kier molecular flexibility index (Phi) is 46.9. The number of hydrogen-bond donors (Lipinski definition) is 0. The zero-order chi connectivity index (χ0) is 44.4. The Bertz CT molecular complexity index is 1160. The Hall–Kier alpha value is -3.15. The Balaban J connectivity index is 4.48. The summed E-state index contributed by atoms with van der Waals surface area (Å²) >= 11 is 0. The molecule has 350 valence electrons. The fraction of sp³-hybridized carbons (Fsp3) is 0.727. The van der Waals surface area contributed by atoms with Crippen LogP contribution in [0.25, 0.3) is 0 Å². The quantitative estimate of drug-likeness (QED) is 0.0200. The lowest BCUT2D eigenvalue weighted by atomic mass is 10.1. The molecule has 1 unspecified atom stereocenters. The molecule has 0 aromatic rings. The first-order valence-electron chi connectivity index (χ1n) is 25.5. The van der Waals surface area contributed by atoms with Crippen molar-refractivity contribution in [3.05, 3.63) is 72.9 Å². The molecule has 0 N–H and O–H groups in total. The first-order valence-corrected chi connectivity index (χ1v) is 25.5. The number of ether oxygens (including phenoxy) is 3. The summed E-state index contributed by atoms with van der Waals surface area (Å²) in [5, 5.41) is 0. The van der Waals surface area contributed by atoms with Crippen molar-refractivity contribution in [2.45, 2.75) is 245 Å². The molecule has 0 fully saturated rings. The van der Waals surface area contributed by atoms with Crippen LogP contribution in [0, 0.1) is 0 Å². The van der Waals surface area contributed by atoms with E-state index < -0.39 is 6.10 Å². The molecule has 61 heavy (non-hydrogen) atoms. The highest BCUT2D eigenvalue weighted by Crippen LogP contribution is 2.14. The molecule has 0 aromatic carbocycles. The van der Waals surface area contributed by atoms with Gasteiger partial charge in [-0.25, -0.2) is 0 Å². The SMILES string of the molecule is CCCCC/C=C\C=C/CCCCCCCCC(=O)OC(COC(=O)CCC/C=C\C/C=C\C/C=C\C/C=C\CCCCC)COC(=O)CCCCCCCCCCCCC. The van der Waals surface area contributed by atoms with Crippen molar-refractivity contribution in [1.29, 1.82) is 0 Å². The highest BCUT2D eigenvalue weighted by atomic mass is 16.6. The molecule has 0 aliphatic heterocycles. The third-order valence-electron chi connectivity index (χ3n) is 10.7. The molecule has 0 saturated carbocycles. The van der Waals surface area contributed by atoms with Gasteiger partial charge in [0.2, 0.25) is 0 Å². The Morgan fingerprint density at radius 3 is 1.11 bits per heavy atom. The van der Waals surface area contributed by atoms with Gasteiger partial charge in [0.15, 0.2) is 6.10 Å². The lowest BCUT2D eigenvalue weighted by Gasteiger charge is -2.18. The van der Waals surface area contributed by atoms with Crippen molar-refractivity contribution in [3.63, 3.8) is 0 Å². The summed E-state index contributed by atoms with van der Waals surface area (Å²) in [4.78, 5) is 37.9. The van der Waals surface area contributed by atoms with E-state index in [-0.39, 0.29) is 37.5 Å². The summed E-state index contributed by atoms with van der Waals surface area (Å²) < 4.78 is 16.7. The second-order valence-electron chi connectivity index (χ2n) is 16.8. The van der Waals surface area contributed by atoms with Gasteiger partial charge in [-0.05, 0) is 83.5 Å². The van der Waals surface area contributed by atoms with Gasteiger partial charge in [0, 0.05) is 19.3 Å². The van der Waals surface area contributed by atoms with E-state index in [0.29, 0.717) is 19.3 Å². The van der Waals surface area contributed by atoms with E-state index in [1.54, 1.807) is 0 Å². The summed E-state index contributed by atoms with van der Waals surface area (Å²) in [6.07, 6.45) is 61.7. The maximum atomic E-state index is 12.8. The average Bonchev–Trinajstić information content (AvgIpc) is 3.26. The molecule has 0 rings (SSSR count). The number of carbonyl (C=O) groups excluding carboxylic acids is 3. The van der Waals surface area contributed by atoms with Gasteiger partial charge in [-0.3, -0.25) is 14.4 Å². The molecule has 0 spiro atoms. The molecule has 0 aliphatic rings. The molecule has 0 radical (unpaired) electrons. The van der Waals surface area contributed by atoms with Crippen LogP contribution >= 0.6 is 0 Å². The number of carbonyl (C=O) groups is 3. The summed E-state index contributed by atoms with van der Waals surface area (Å²) in [6, 6.07) is 0. The average molecular weight is 851 g/mol. The molecule has 0 amide bonds. The molecule has 6 heteroatoms. The van der Waals surface area contributed by atoms with Crippen LogP contribution in [0.5, 0.6) is 0 Å². The fourth-order valence-corrected chi connectivity index (χ4v) is 6.84. The maximum Gasteiger partial charge on any atom is 0.306 e. The molecule has 0 bridgehead atoms. The highest BCUT2D eigenvalue weighted by Gasteiger charge is 2.19. The highest BCUT2D eigenvalue weighted by molar-refractivity contribution is 5.71. The summed E-state index contributed by atoms with van der Waals surface area (Å²) in [5.74, 6) is -0.967. The minimum atomic E-state index is -0.800. The van der Waals surface area contributed by atoms with Gasteiger partial charge in [0.25, 0.3) is 0 Å². The lowest BCUT2D eigenvalue weighted by Crippen LogP contribution is -2.30. The zero-order valence-corrected chi connectivity index (χ0v) is 39.9. The zero-order valence-electron chi connectivity index (χ0n) is 39.9. The fourth-order valence-electron chi connectivity index (χ4n) is 6.84. The van der Waals surface area contributed by atoms with Crippen LogP contribution in [0.1, 0.15) is 239 Å². The van der Waals surface area contributed by atoms with E-state index in [4.69, 9.17) is 14.2 Å². The van der Waals surface area contributed by atoms with Crippen LogP contribution in [0.4, 0.5) is 0 Å². The second kappa shape index (κ2) is 49.5. The number of esters is 3. The van der Waals surface area contributed by atoms with Crippen molar-refractivity contribution < 1.29 is 28.6 Å². The maximum absolute atomic E-state index is 12.8. The number of allylic oxidation sites excluding steroid dienone is 12. The monoisotopic (exact) mass is 851 g/mol. The minimum absolute atomic E-state index is 0.0960. The van der Waals surface area contributed by atoms with E-state index in [2.05, 4.69) is 93.7 Å². The van der Waals surface area contributed by atoms with Gasteiger partial charge in [-0.1, -0.05) is 209 Å². The van der Waals surface area contributed by atoms with E-state index in [9.17, 15) is 14.4 Å². The third-order valence-corrected chi connectivity index (χ3v) is 10.7. The predicted molar refractivity (Wildman–Crippen MR) is 261 cm³/mol. The molecule has 0 aliphatic carbocycles. The van der Waals surface area contributed by atoms with Gasteiger partial charge in [-0.2, -0.15) is 0 Å². The van der Waals surface area contributed by atoms with Gasteiger partial charge >= 0.3 is 17.9 Å². The first kappa shape index (κ1) is 57.9. The van der Waals surface area contributed by atoms with Crippen molar-refractivity contribution >= 4 is 17.9 Å². The minimum Gasteiger partial charge on any atom is -0.462 e. The topological polar surface area (TPSA) is 78.9 Å². The van der Waals surface area contributed by atoms with Crippen molar-refractivity contribution in [1.82, 2.24) is 0 Å². The normalized spacial score (nSPS) is 12.6. The molecule has 0 heterocycles. The molecule has 0 aromatic heterocycles. The molecular weight excluding hydrogens is 757 g/mol. The smallest absolute Gasteiger partial charge is 0.306 e. The van der Waals surface area contributed by atoms with Crippen LogP contribution in [0.2, 0.25) is 0 Å². The molecule has 6 nitrogen and oxygen atoms in total. The first-order chi connectivity index (χ1) is 30.0. The second-order valence-corrected chi connectivity index (χ2v) is 16.8. The summed E-state index contributed by atoms with van der Waals surface area (Å²) in [6.45, 7) is 6.51.